The Labute approximate surface area is 190 Å². The van der Waals surface area contributed by atoms with E-state index in [4.69, 9.17) is 24.3 Å². The summed E-state index contributed by atoms with van der Waals surface area (Å²) in [6.07, 6.45) is 1.46. The average Bonchev–Trinajstić information content (AvgIpc) is 2.82. The number of nitrogens with one attached hydrogen (secondary N) is 1. The molecule has 4 rings (SSSR count). The van der Waals surface area contributed by atoms with Gasteiger partial charge in [0.15, 0.2) is 11.3 Å². The Hall–Kier alpha value is -3.20. The van der Waals surface area contributed by atoms with E-state index in [1.165, 1.54) is 11.8 Å². The Balaban J connectivity index is 1.92. The molecule has 2 aromatic rings. The summed E-state index contributed by atoms with van der Waals surface area (Å²) in [7, 11) is 4.74. The maximum absolute atomic E-state index is 13.2. The van der Waals surface area contributed by atoms with Gasteiger partial charge in [-0.3, -0.25) is 15.1 Å². The largest absolute Gasteiger partial charge is 0.496 e. The summed E-state index contributed by atoms with van der Waals surface area (Å²) in [4.78, 5) is 18.2. The van der Waals surface area contributed by atoms with Crippen LogP contribution in [-0.2, 0) is 4.79 Å². The lowest BCUT2D eigenvalue weighted by Gasteiger charge is -2.35. The third-order valence-corrected chi connectivity index (χ3v) is 6.21. The minimum Gasteiger partial charge on any atom is -0.496 e. The van der Waals surface area contributed by atoms with E-state index in [9.17, 15) is 4.79 Å². The Morgan fingerprint density at radius 3 is 2.47 bits per heavy atom. The molecule has 0 fully saturated rings. The van der Waals surface area contributed by atoms with Gasteiger partial charge in [0.25, 0.3) is 5.91 Å². The van der Waals surface area contributed by atoms with Crippen molar-refractivity contribution in [3.05, 3.63) is 52.5 Å². The number of ether oxygens (including phenoxy) is 3. The molecule has 1 N–H and O–H groups in total. The predicted molar refractivity (Wildman–Crippen MR) is 124 cm³/mol. The third kappa shape index (κ3) is 4.00. The molecule has 0 saturated heterocycles. The predicted octanol–water partition coefficient (Wildman–Crippen LogP) is 2.39. The van der Waals surface area contributed by atoms with Crippen LogP contribution >= 0.6 is 11.8 Å². The second-order valence-electron chi connectivity index (χ2n) is 7.22. The van der Waals surface area contributed by atoms with Gasteiger partial charge in [-0.15, -0.1) is 5.10 Å². The number of para-hydroxylation sites is 1. The lowest BCUT2D eigenvalue weighted by molar-refractivity contribution is -0.116. The van der Waals surface area contributed by atoms with Gasteiger partial charge in [-0.1, -0.05) is 43.3 Å². The van der Waals surface area contributed by atoms with Crippen molar-refractivity contribution in [1.82, 2.24) is 10.3 Å². The molecule has 0 aromatic heterocycles. The van der Waals surface area contributed by atoms with Crippen molar-refractivity contribution in [3.63, 3.8) is 0 Å². The number of fused-ring (bicyclic) bond motifs is 2. The second kappa shape index (κ2) is 9.52. The van der Waals surface area contributed by atoms with Crippen LogP contribution in [0.25, 0.3) is 5.70 Å². The monoisotopic (exact) mass is 454 g/mol. The standard InChI is InChI=1S/C23H26N4O4S/c1-5-6-11-32-23-25-22(28)20-15-9-7-8-10-16(15)24-21(27(20)26-23)19-17(30-3)12-14(29-2)13-18(19)31-4/h7-10,12-13,21H,5-6,11H2,1-4H3,(H,25,26,28)/t21-/m1/s1. The number of carbonyl (C=O) groups excluding carboxylic acids is 1. The second-order valence-corrected chi connectivity index (χ2v) is 8.30. The first-order valence-electron chi connectivity index (χ1n) is 10.4. The molecule has 0 aliphatic carbocycles. The molecule has 0 bridgehead atoms. The highest BCUT2D eigenvalue weighted by Crippen LogP contribution is 2.43. The van der Waals surface area contributed by atoms with Crippen molar-refractivity contribution in [3.8, 4) is 17.2 Å². The summed E-state index contributed by atoms with van der Waals surface area (Å²) in [6.45, 7) is 2.13. The molecule has 0 radical (unpaired) electrons. The van der Waals surface area contributed by atoms with Crippen LogP contribution in [0.3, 0.4) is 0 Å². The van der Waals surface area contributed by atoms with Gasteiger partial charge in [-0.05, 0) is 12.5 Å². The Kier molecular flexibility index (Phi) is 6.55. The van der Waals surface area contributed by atoms with Crippen molar-refractivity contribution < 1.29 is 19.0 Å². The van der Waals surface area contributed by atoms with Crippen LogP contribution in [0.15, 0.2) is 46.5 Å². The Morgan fingerprint density at radius 2 is 1.81 bits per heavy atom. The number of hydrogen-bond acceptors (Lipinski definition) is 8. The average molecular weight is 455 g/mol. The van der Waals surface area contributed by atoms with Crippen molar-refractivity contribution in [2.75, 3.05) is 27.1 Å². The third-order valence-electron chi connectivity index (χ3n) is 5.26. The zero-order valence-corrected chi connectivity index (χ0v) is 19.4. The summed E-state index contributed by atoms with van der Waals surface area (Å²) in [6, 6.07) is 11.1. The maximum atomic E-state index is 13.2. The number of rotatable bonds is 7. The van der Waals surface area contributed by atoms with Crippen LogP contribution in [0.4, 0.5) is 0 Å². The quantitative estimate of drug-likeness (QED) is 0.647. The van der Waals surface area contributed by atoms with Crippen molar-refractivity contribution in [2.45, 2.75) is 25.9 Å². The lowest BCUT2D eigenvalue weighted by atomic mass is 10.1. The zero-order chi connectivity index (χ0) is 22.7. The molecule has 0 spiro atoms. The van der Waals surface area contributed by atoms with E-state index < -0.39 is 6.17 Å². The highest BCUT2D eigenvalue weighted by atomic mass is 32.2. The van der Waals surface area contributed by atoms with Crippen LogP contribution in [0, 0.1) is 0 Å². The molecule has 2 heterocycles. The molecule has 2 aliphatic rings. The van der Waals surface area contributed by atoms with Crippen LogP contribution < -0.4 is 30.1 Å². The van der Waals surface area contributed by atoms with Gasteiger partial charge < -0.3 is 14.2 Å². The Bertz CT molecular complexity index is 1160. The molecule has 32 heavy (non-hydrogen) atoms. The minimum atomic E-state index is -0.650. The SMILES string of the molecule is CCCCSC1=NN2C(=c3ccccc3=N[C@H]2c2c(OC)cc(OC)cc2OC)C(=O)N1. The molecule has 1 atom stereocenters. The number of carbonyl (C=O) groups is 1. The molecular formula is C23H26N4O4S. The Morgan fingerprint density at radius 1 is 1.09 bits per heavy atom. The summed E-state index contributed by atoms with van der Waals surface area (Å²) >= 11 is 1.52. The van der Waals surface area contributed by atoms with E-state index in [1.54, 1.807) is 38.5 Å². The highest BCUT2D eigenvalue weighted by molar-refractivity contribution is 8.13. The number of methoxy groups -OCH3 is 3. The van der Waals surface area contributed by atoms with Gasteiger partial charge in [0.05, 0.1) is 32.3 Å². The molecule has 8 nitrogen and oxygen atoms in total. The van der Waals surface area contributed by atoms with Crippen LogP contribution in [0.5, 0.6) is 17.2 Å². The topological polar surface area (TPSA) is 84.8 Å². The number of amides is 1. The van der Waals surface area contributed by atoms with E-state index in [-0.39, 0.29) is 5.91 Å². The van der Waals surface area contributed by atoms with Gasteiger partial charge >= 0.3 is 0 Å². The number of nitrogens with zero attached hydrogens (tertiary/aromatic N) is 3. The number of thioether (sulfide) groups is 1. The van der Waals surface area contributed by atoms with Gasteiger partial charge in [-0.2, -0.15) is 0 Å². The van der Waals surface area contributed by atoms with Crippen LogP contribution in [-0.4, -0.2) is 43.2 Å². The molecule has 2 aromatic carbocycles. The molecular weight excluding hydrogens is 428 g/mol. The van der Waals surface area contributed by atoms with E-state index in [0.717, 1.165) is 23.8 Å². The van der Waals surface area contributed by atoms with Crippen LogP contribution in [0.1, 0.15) is 31.5 Å². The van der Waals surface area contributed by atoms with Gasteiger partial charge in [0.1, 0.15) is 22.9 Å². The van der Waals surface area contributed by atoms with Gasteiger partial charge in [0.2, 0.25) is 0 Å². The number of hydrogen-bond donors (Lipinski definition) is 1. The molecule has 0 unspecified atom stereocenters. The first-order chi connectivity index (χ1) is 15.6. The molecule has 9 heteroatoms. The number of unbranched alkanes of at least 4 members (excludes halogenated alkanes) is 1. The molecule has 0 saturated carbocycles. The van der Waals surface area contributed by atoms with E-state index in [1.807, 2.05) is 24.3 Å². The van der Waals surface area contributed by atoms with E-state index in [2.05, 4.69) is 12.2 Å². The first-order valence-corrected chi connectivity index (χ1v) is 11.4. The van der Waals surface area contributed by atoms with E-state index >= 15 is 0 Å². The van der Waals surface area contributed by atoms with Crippen molar-refractivity contribution in [1.29, 1.82) is 0 Å². The maximum Gasteiger partial charge on any atom is 0.276 e. The molecule has 1 amide bonds. The fourth-order valence-corrected chi connectivity index (χ4v) is 4.62. The molecule has 168 valence electrons. The summed E-state index contributed by atoms with van der Waals surface area (Å²) < 4.78 is 16.7. The summed E-state index contributed by atoms with van der Waals surface area (Å²) in [5.41, 5.74) is 1.11. The lowest BCUT2D eigenvalue weighted by Crippen LogP contribution is -2.50. The molecule has 2 aliphatic heterocycles. The first kappa shape index (κ1) is 22.0. The van der Waals surface area contributed by atoms with Crippen LogP contribution in [0.2, 0.25) is 0 Å². The van der Waals surface area contributed by atoms with Crippen molar-refractivity contribution >= 4 is 28.5 Å². The van der Waals surface area contributed by atoms with Gasteiger partial charge in [0, 0.05) is 23.1 Å². The normalized spacial score (nSPS) is 16.9. The fourth-order valence-electron chi connectivity index (χ4n) is 3.68. The van der Waals surface area contributed by atoms with Gasteiger partial charge in [-0.25, -0.2) is 5.01 Å². The zero-order valence-electron chi connectivity index (χ0n) is 18.5. The number of amidine groups is 1. The number of benzene rings is 2. The summed E-state index contributed by atoms with van der Waals surface area (Å²) in [5, 5.41) is 11.4. The summed E-state index contributed by atoms with van der Waals surface area (Å²) in [5.74, 6) is 2.33. The fraction of sp³-hybridized carbons (Fsp3) is 0.348. The minimum absolute atomic E-state index is 0.210. The number of hydrazone groups is 1. The van der Waals surface area contributed by atoms with E-state index in [0.29, 0.717) is 39.0 Å². The smallest absolute Gasteiger partial charge is 0.276 e. The highest BCUT2D eigenvalue weighted by Gasteiger charge is 2.37. The van der Waals surface area contributed by atoms with Crippen molar-refractivity contribution in [2.24, 2.45) is 10.1 Å².